The predicted octanol–water partition coefficient (Wildman–Crippen LogP) is 5.84. The van der Waals surface area contributed by atoms with Crippen molar-refractivity contribution in [1.29, 1.82) is 0 Å². The summed E-state index contributed by atoms with van der Waals surface area (Å²) < 4.78 is 5.74. The van der Waals surface area contributed by atoms with Gasteiger partial charge in [-0.1, -0.05) is 66.2 Å². The minimum Gasteiger partial charge on any atom is -0.489 e. The number of benzene rings is 4. The minimum atomic E-state index is -0.282. The van der Waals surface area contributed by atoms with Crippen LogP contribution in [0.4, 0.5) is 0 Å². The Morgan fingerprint density at radius 2 is 1.63 bits per heavy atom. The fourth-order valence-electron chi connectivity index (χ4n) is 3.04. The molecule has 4 rings (SSSR count). The Morgan fingerprint density at radius 3 is 2.43 bits per heavy atom. The smallest absolute Gasteiger partial charge is 0.271 e. The van der Waals surface area contributed by atoms with Gasteiger partial charge in [-0.25, -0.2) is 5.43 Å². The molecule has 0 aliphatic rings. The van der Waals surface area contributed by atoms with E-state index in [4.69, 9.17) is 16.3 Å². The summed E-state index contributed by atoms with van der Waals surface area (Å²) in [6.07, 6.45) is 1.66. The van der Waals surface area contributed by atoms with Crippen molar-refractivity contribution in [1.82, 2.24) is 5.43 Å². The second-order valence-corrected chi connectivity index (χ2v) is 7.14. The van der Waals surface area contributed by atoms with Crippen LogP contribution in [0, 0.1) is 0 Å². The van der Waals surface area contributed by atoms with Crippen LogP contribution >= 0.6 is 11.6 Å². The average Bonchev–Trinajstić information content (AvgIpc) is 2.79. The molecular formula is C25H19ClN2O2. The molecule has 0 aromatic heterocycles. The molecule has 0 fully saturated rings. The van der Waals surface area contributed by atoms with Crippen molar-refractivity contribution in [2.75, 3.05) is 0 Å². The van der Waals surface area contributed by atoms with Gasteiger partial charge in [-0.05, 0) is 52.7 Å². The summed E-state index contributed by atoms with van der Waals surface area (Å²) in [6, 6.07) is 28.4. The number of carbonyl (C=O) groups excluding carboxylic acids is 1. The summed E-state index contributed by atoms with van der Waals surface area (Å²) >= 11 is 5.88. The van der Waals surface area contributed by atoms with E-state index in [9.17, 15) is 4.79 Å². The number of carbonyl (C=O) groups is 1. The fraction of sp³-hybridized carbons (Fsp3) is 0.0400. The first kappa shape index (κ1) is 19.7. The molecule has 1 amide bonds. The number of halogens is 1. The van der Waals surface area contributed by atoms with Crippen LogP contribution in [0.1, 0.15) is 21.5 Å². The van der Waals surface area contributed by atoms with Crippen molar-refractivity contribution in [3.05, 3.63) is 113 Å². The van der Waals surface area contributed by atoms with Gasteiger partial charge in [0.25, 0.3) is 5.91 Å². The lowest BCUT2D eigenvalue weighted by molar-refractivity contribution is 0.0955. The molecule has 4 nitrogen and oxygen atoms in total. The van der Waals surface area contributed by atoms with E-state index in [1.807, 2.05) is 66.7 Å². The monoisotopic (exact) mass is 414 g/mol. The van der Waals surface area contributed by atoms with E-state index in [-0.39, 0.29) is 5.91 Å². The number of nitrogens with zero attached hydrogens (tertiary/aromatic N) is 1. The molecule has 0 spiro atoms. The van der Waals surface area contributed by atoms with Crippen molar-refractivity contribution in [2.24, 2.45) is 5.10 Å². The first-order valence-electron chi connectivity index (χ1n) is 9.47. The van der Waals surface area contributed by atoms with Gasteiger partial charge in [0.1, 0.15) is 12.4 Å². The summed E-state index contributed by atoms with van der Waals surface area (Å²) in [7, 11) is 0. The van der Waals surface area contributed by atoms with Crippen LogP contribution < -0.4 is 10.2 Å². The van der Waals surface area contributed by atoms with Gasteiger partial charge in [-0.2, -0.15) is 5.10 Å². The van der Waals surface area contributed by atoms with Crippen LogP contribution in [0.15, 0.2) is 96.1 Å². The Labute approximate surface area is 179 Å². The van der Waals surface area contributed by atoms with Gasteiger partial charge in [-0.15, -0.1) is 0 Å². The molecule has 4 aromatic rings. The van der Waals surface area contributed by atoms with Gasteiger partial charge >= 0.3 is 0 Å². The molecule has 5 heteroatoms. The lowest BCUT2D eigenvalue weighted by Crippen LogP contribution is -2.17. The largest absolute Gasteiger partial charge is 0.489 e. The van der Waals surface area contributed by atoms with E-state index in [2.05, 4.69) is 10.5 Å². The molecule has 148 valence electrons. The lowest BCUT2D eigenvalue weighted by Gasteiger charge is -2.07. The standard InChI is InChI=1S/C25H19ClN2O2/c26-22-12-8-18(9-13-22)17-30-23-14-10-20(11-15-23)25(29)28-27-16-21-6-3-5-19-4-1-2-7-24(19)21/h1-16H,17H2,(H,28,29)/b27-16-. The predicted molar refractivity (Wildman–Crippen MR) is 121 cm³/mol. The van der Waals surface area contributed by atoms with Gasteiger partial charge in [0.05, 0.1) is 6.21 Å². The average molecular weight is 415 g/mol. The number of hydrogen-bond acceptors (Lipinski definition) is 3. The first-order chi connectivity index (χ1) is 14.7. The summed E-state index contributed by atoms with van der Waals surface area (Å²) in [5.74, 6) is 0.400. The molecular weight excluding hydrogens is 396 g/mol. The molecule has 0 unspecified atom stereocenters. The minimum absolute atomic E-state index is 0.282. The quantitative estimate of drug-likeness (QED) is 0.318. The van der Waals surface area contributed by atoms with E-state index < -0.39 is 0 Å². The van der Waals surface area contributed by atoms with E-state index in [0.717, 1.165) is 21.9 Å². The van der Waals surface area contributed by atoms with Crippen LogP contribution in [0.25, 0.3) is 10.8 Å². The highest BCUT2D eigenvalue weighted by Gasteiger charge is 2.05. The molecule has 0 bridgehead atoms. The Bertz CT molecular complexity index is 1180. The van der Waals surface area contributed by atoms with E-state index in [0.29, 0.717) is 22.9 Å². The Kier molecular flexibility index (Phi) is 6.06. The Balaban J connectivity index is 1.35. The molecule has 0 radical (unpaired) electrons. The van der Waals surface area contributed by atoms with Crippen LogP contribution in [0.2, 0.25) is 5.02 Å². The topological polar surface area (TPSA) is 50.7 Å². The molecule has 0 heterocycles. The maximum absolute atomic E-state index is 12.3. The molecule has 0 aliphatic heterocycles. The van der Waals surface area contributed by atoms with Crippen molar-refractivity contribution in [3.8, 4) is 5.75 Å². The molecule has 0 aliphatic carbocycles. The van der Waals surface area contributed by atoms with Gasteiger partial charge in [0.15, 0.2) is 0 Å². The second-order valence-electron chi connectivity index (χ2n) is 6.71. The summed E-state index contributed by atoms with van der Waals surface area (Å²) in [6.45, 7) is 0.429. The van der Waals surface area contributed by atoms with Gasteiger partial charge in [0, 0.05) is 16.1 Å². The van der Waals surface area contributed by atoms with Crippen LogP contribution in [-0.2, 0) is 6.61 Å². The van der Waals surface area contributed by atoms with Gasteiger partial charge in [-0.3, -0.25) is 4.79 Å². The number of rotatable bonds is 6. The summed E-state index contributed by atoms with van der Waals surface area (Å²) in [5.41, 5.74) is 5.04. The van der Waals surface area contributed by atoms with Crippen LogP contribution in [0.5, 0.6) is 5.75 Å². The van der Waals surface area contributed by atoms with Crippen molar-refractivity contribution in [2.45, 2.75) is 6.61 Å². The lowest BCUT2D eigenvalue weighted by atomic mass is 10.1. The van der Waals surface area contributed by atoms with Crippen molar-refractivity contribution >= 4 is 34.5 Å². The van der Waals surface area contributed by atoms with E-state index in [1.165, 1.54) is 0 Å². The number of amides is 1. The third kappa shape index (κ3) is 4.85. The SMILES string of the molecule is O=C(N/N=C\c1cccc2ccccc12)c1ccc(OCc2ccc(Cl)cc2)cc1. The number of nitrogens with one attached hydrogen (secondary N) is 1. The number of ether oxygens (including phenoxy) is 1. The van der Waals surface area contributed by atoms with Gasteiger partial charge < -0.3 is 4.74 Å². The molecule has 1 N–H and O–H groups in total. The number of hydrogen-bond donors (Lipinski definition) is 1. The zero-order chi connectivity index (χ0) is 20.8. The maximum Gasteiger partial charge on any atom is 0.271 e. The third-order valence-electron chi connectivity index (χ3n) is 4.63. The van der Waals surface area contributed by atoms with Crippen LogP contribution in [-0.4, -0.2) is 12.1 Å². The second kappa shape index (κ2) is 9.25. The zero-order valence-corrected chi connectivity index (χ0v) is 16.8. The summed E-state index contributed by atoms with van der Waals surface area (Å²) in [4.78, 5) is 12.3. The first-order valence-corrected chi connectivity index (χ1v) is 9.85. The van der Waals surface area contributed by atoms with Gasteiger partial charge in [0.2, 0.25) is 0 Å². The van der Waals surface area contributed by atoms with E-state index in [1.54, 1.807) is 30.5 Å². The normalized spacial score (nSPS) is 11.0. The number of fused-ring (bicyclic) bond motifs is 1. The Hall–Kier alpha value is -3.63. The molecule has 30 heavy (non-hydrogen) atoms. The molecule has 4 aromatic carbocycles. The maximum atomic E-state index is 12.3. The highest BCUT2D eigenvalue weighted by atomic mass is 35.5. The van der Waals surface area contributed by atoms with Crippen molar-refractivity contribution < 1.29 is 9.53 Å². The third-order valence-corrected chi connectivity index (χ3v) is 4.88. The highest BCUT2D eigenvalue weighted by molar-refractivity contribution is 6.30. The highest BCUT2D eigenvalue weighted by Crippen LogP contribution is 2.17. The van der Waals surface area contributed by atoms with Crippen LogP contribution in [0.3, 0.4) is 0 Å². The summed E-state index contributed by atoms with van der Waals surface area (Å²) in [5, 5.41) is 7.01. The Morgan fingerprint density at radius 1 is 0.900 bits per heavy atom. The number of hydrazone groups is 1. The molecule has 0 saturated heterocycles. The fourth-order valence-corrected chi connectivity index (χ4v) is 3.16. The molecule has 0 saturated carbocycles. The zero-order valence-electron chi connectivity index (χ0n) is 16.1. The van der Waals surface area contributed by atoms with E-state index >= 15 is 0 Å². The molecule has 0 atom stereocenters. The van der Waals surface area contributed by atoms with Crippen molar-refractivity contribution in [3.63, 3.8) is 0 Å².